The van der Waals surface area contributed by atoms with Crippen molar-refractivity contribution in [1.29, 1.82) is 0 Å². The van der Waals surface area contributed by atoms with E-state index in [0.29, 0.717) is 0 Å². The Labute approximate surface area is 170 Å². The first-order valence-electron chi connectivity index (χ1n) is 6.44. The van der Waals surface area contributed by atoms with E-state index in [9.17, 15) is 86.4 Å². The number of alkyl halides is 12. The predicted octanol–water partition coefficient (Wildman–Crippen LogP) is 1.81. The molecule has 0 atom stereocenters. The molecule has 0 radical (unpaired) electrons. The second-order valence-corrected chi connectivity index (χ2v) is 15.4. The molecule has 0 rings (SSSR count). The van der Waals surface area contributed by atoms with Gasteiger partial charge < -0.3 is 0 Å². The van der Waals surface area contributed by atoms with Crippen LogP contribution in [0.3, 0.4) is 0 Å². The Hall–Kier alpha value is -1.04. The van der Waals surface area contributed by atoms with Gasteiger partial charge in [0, 0.05) is 6.26 Å². The maximum atomic E-state index is 14.0. The molecule has 0 fully saturated rings. The van der Waals surface area contributed by atoms with Crippen LogP contribution < -0.4 is 0 Å². The summed E-state index contributed by atoms with van der Waals surface area (Å²) < 4.78 is 242. The maximum absolute atomic E-state index is 14.0. The van der Waals surface area contributed by atoms with E-state index in [-0.39, 0.29) is 0 Å². The van der Waals surface area contributed by atoms with Crippen LogP contribution in [0.4, 0.5) is 52.7 Å². The lowest BCUT2D eigenvalue weighted by atomic mass is 10.3. The Bertz CT molecular complexity index is 1140. The van der Waals surface area contributed by atoms with Crippen molar-refractivity contribution in [2.24, 2.45) is 0 Å². The van der Waals surface area contributed by atoms with E-state index in [1.807, 2.05) is 0 Å². The smallest absolute Gasteiger partial charge is 0.223 e. The van der Waals surface area contributed by atoms with Gasteiger partial charge in [0.05, 0.1) is 0 Å². The number of sulfone groups is 4. The molecule has 0 aliphatic heterocycles. The topological polar surface area (TPSA) is 137 Å². The molecule has 32 heavy (non-hydrogen) atoms. The third kappa shape index (κ3) is 3.54. The Morgan fingerprint density at radius 1 is 0.469 bits per heavy atom. The van der Waals surface area contributed by atoms with Crippen molar-refractivity contribution in [3.8, 4) is 0 Å². The van der Waals surface area contributed by atoms with Crippen molar-refractivity contribution in [2.75, 3.05) is 6.26 Å². The molecule has 0 aromatic heterocycles. The molecule has 0 heterocycles. The summed E-state index contributed by atoms with van der Waals surface area (Å²) in [6.07, 6.45) is -0.957. The SMILES string of the molecule is CC(S(=O)(=O)C(F)(F)F)(S(=O)(=O)C(F)(F)F)S(=O)(=O)C(F)(F)C(F)(F)C(F)(F)S(C)(=O)=O. The van der Waals surface area contributed by atoms with Gasteiger partial charge in [-0.25, -0.2) is 33.7 Å². The number of halogens is 12. The van der Waals surface area contributed by atoms with Crippen molar-refractivity contribution in [1.82, 2.24) is 0 Å². The molecule has 0 aromatic rings. The van der Waals surface area contributed by atoms with Crippen LogP contribution in [-0.4, -0.2) is 70.8 Å². The molecule has 0 aliphatic rings. The number of rotatable bonds is 7. The second kappa shape index (κ2) is 7.23. The third-order valence-electron chi connectivity index (χ3n) is 3.61. The van der Waals surface area contributed by atoms with Crippen LogP contribution in [0.15, 0.2) is 0 Å². The fraction of sp³-hybridized carbons (Fsp3) is 1.00. The first-order chi connectivity index (χ1) is 13.2. The molecule has 0 amide bonds. The van der Waals surface area contributed by atoms with Crippen molar-refractivity contribution < 1.29 is 86.4 Å². The van der Waals surface area contributed by atoms with Gasteiger partial charge in [0.15, 0.2) is 0 Å². The summed E-state index contributed by atoms with van der Waals surface area (Å²) in [4.78, 5) is 0. The van der Waals surface area contributed by atoms with Crippen LogP contribution >= 0.6 is 0 Å². The van der Waals surface area contributed by atoms with Crippen LogP contribution in [0.25, 0.3) is 0 Å². The van der Waals surface area contributed by atoms with Gasteiger partial charge in [0.2, 0.25) is 9.84 Å². The summed E-state index contributed by atoms with van der Waals surface area (Å²) in [6.45, 7) is -1.77. The zero-order chi connectivity index (χ0) is 27.0. The molecule has 0 saturated heterocycles. The summed E-state index contributed by atoms with van der Waals surface area (Å²) in [6, 6.07) is 0. The minimum absolute atomic E-state index is 0.957. The van der Waals surface area contributed by atoms with E-state index in [1.165, 1.54) is 0 Å². The molecule has 8 nitrogen and oxygen atoms in total. The molecule has 194 valence electrons. The molecule has 0 aliphatic carbocycles. The molecule has 0 bridgehead atoms. The van der Waals surface area contributed by atoms with E-state index in [2.05, 4.69) is 0 Å². The Kier molecular flexibility index (Phi) is 6.99. The van der Waals surface area contributed by atoms with Crippen LogP contribution in [0.5, 0.6) is 0 Å². The van der Waals surface area contributed by atoms with Crippen LogP contribution in [0, 0.1) is 0 Å². The average Bonchev–Trinajstić information content (AvgIpc) is 2.49. The zero-order valence-electron chi connectivity index (χ0n) is 14.4. The minimum Gasteiger partial charge on any atom is -0.223 e. The standard InChI is InChI=1S/C8H6F12O8S4/c1-3(31(25,26)7(15,16)17,32(27,28)8(18,19)20)30(23,24)6(13,14)4(9,10)5(11,12)29(2,21)22/h1-2H3. The first kappa shape index (κ1) is 31.0. The quantitative estimate of drug-likeness (QED) is 0.412. The number of hydrogen-bond acceptors (Lipinski definition) is 8. The second-order valence-electron chi connectivity index (χ2n) is 5.64. The fourth-order valence-electron chi connectivity index (χ4n) is 1.66. The first-order valence-corrected chi connectivity index (χ1v) is 12.8. The molecule has 0 spiro atoms. The van der Waals surface area contributed by atoms with Gasteiger partial charge >= 0.3 is 27.4 Å². The lowest BCUT2D eigenvalue weighted by Gasteiger charge is -2.37. The van der Waals surface area contributed by atoms with Gasteiger partial charge in [-0.1, -0.05) is 0 Å². The minimum atomic E-state index is -9.13. The third-order valence-corrected chi connectivity index (χ3v) is 13.8. The van der Waals surface area contributed by atoms with Crippen LogP contribution in [0.2, 0.25) is 0 Å². The van der Waals surface area contributed by atoms with E-state index in [0.717, 1.165) is 0 Å². The molecule has 0 unspecified atom stereocenters. The zero-order valence-corrected chi connectivity index (χ0v) is 17.7. The monoisotopic (exact) mass is 586 g/mol. The van der Waals surface area contributed by atoms with Crippen molar-refractivity contribution >= 4 is 39.3 Å². The molecule has 0 saturated carbocycles. The molecular weight excluding hydrogens is 580 g/mol. The van der Waals surface area contributed by atoms with E-state index >= 15 is 0 Å². The van der Waals surface area contributed by atoms with Crippen molar-refractivity contribution in [3.63, 3.8) is 0 Å². The van der Waals surface area contributed by atoms with Gasteiger partial charge in [0.1, 0.15) is 0 Å². The Morgan fingerprint density at radius 3 is 0.906 bits per heavy atom. The van der Waals surface area contributed by atoms with E-state index in [4.69, 9.17) is 0 Å². The molecule has 24 heteroatoms. The van der Waals surface area contributed by atoms with E-state index < -0.39 is 83.4 Å². The van der Waals surface area contributed by atoms with Gasteiger partial charge in [-0.3, -0.25) is 0 Å². The van der Waals surface area contributed by atoms with Crippen molar-refractivity contribution in [3.05, 3.63) is 0 Å². The highest BCUT2D eigenvalue weighted by Crippen LogP contribution is 2.57. The predicted molar refractivity (Wildman–Crippen MR) is 77.0 cm³/mol. The van der Waals surface area contributed by atoms with Gasteiger partial charge in [-0.15, -0.1) is 0 Å². The lowest BCUT2D eigenvalue weighted by molar-refractivity contribution is -0.243. The Balaban J connectivity index is 8.00. The maximum Gasteiger partial charge on any atom is 0.500 e. The highest BCUT2D eigenvalue weighted by Gasteiger charge is 2.88. The molecule has 0 aromatic carbocycles. The fourth-order valence-corrected chi connectivity index (χ4v) is 9.32. The van der Waals surface area contributed by atoms with Crippen molar-refractivity contribution in [2.45, 2.75) is 37.8 Å². The van der Waals surface area contributed by atoms with E-state index in [1.54, 1.807) is 0 Å². The van der Waals surface area contributed by atoms with Gasteiger partial charge in [-0.05, 0) is 6.92 Å². The molecular formula is C8H6F12O8S4. The summed E-state index contributed by atoms with van der Waals surface area (Å²) in [5, 5.41) is -15.5. The number of hydrogen-bond donors (Lipinski definition) is 0. The largest absolute Gasteiger partial charge is 0.500 e. The Morgan fingerprint density at radius 2 is 0.719 bits per heavy atom. The summed E-state index contributed by atoms with van der Waals surface area (Å²) in [7, 11) is -33.3. The van der Waals surface area contributed by atoms with Crippen LogP contribution in [0.1, 0.15) is 6.92 Å². The van der Waals surface area contributed by atoms with Gasteiger partial charge in [-0.2, -0.15) is 52.7 Å². The normalized spacial score (nSPS) is 16.8. The molecule has 0 N–H and O–H groups in total. The highest BCUT2D eigenvalue weighted by molar-refractivity contribution is 8.26. The lowest BCUT2D eigenvalue weighted by Crippen LogP contribution is -2.68. The summed E-state index contributed by atoms with van der Waals surface area (Å²) in [5.74, 6) is -8.00. The van der Waals surface area contributed by atoms with Gasteiger partial charge in [0.25, 0.3) is 32.9 Å². The average molecular weight is 586 g/mol. The summed E-state index contributed by atoms with van der Waals surface area (Å²) >= 11 is 0. The van der Waals surface area contributed by atoms with Crippen LogP contribution in [-0.2, 0) is 39.3 Å². The summed E-state index contributed by atoms with van der Waals surface area (Å²) in [5.41, 5.74) is -15.0. The highest BCUT2D eigenvalue weighted by atomic mass is 32.3.